The van der Waals surface area contributed by atoms with Crippen molar-refractivity contribution in [3.63, 3.8) is 0 Å². The molecule has 0 amide bonds. The van der Waals surface area contributed by atoms with Crippen LogP contribution in [0.15, 0.2) is 41.3 Å². The normalized spacial score (nSPS) is 16.1. The fraction of sp³-hybridized carbons (Fsp3) is 0.304. The van der Waals surface area contributed by atoms with Gasteiger partial charge >= 0.3 is 0 Å². The van der Waals surface area contributed by atoms with E-state index >= 15 is 0 Å². The molecule has 0 radical (unpaired) electrons. The van der Waals surface area contributed by atoms with E-state index in [1.54, 1.807) is 12.1 Å². The molecular formula is C23H24ClFN6O2S. The minimum Gasteiger partial charge on any atom is -0.368 e. The van der Waals surface area contributed by atoms with E-state index in [1.807, 2.05) is 6.07 Å². The molecule has 0 spiro atoms. The third kappa shape index (κ3) is 4.28. The summed E-state index contributed by atoms with van der Waals surface area (Å²) in [6, 6.07) is 8.69. The van der Waals surface area contributed by atoms with Gasteiger partial charge in [0, 0.05) is 48.0 Å². The Hall–Kier alpha value is -2.95. The number of halogens is 2. The van der Waals surface area contributed by atoms with Crippen LogP contribution in [0.25, 0.3) is 11.3 Å². The van der Waals surface area contributed by atoms with Crippen molar-refractivity contribution >= 4 is 39.1 Å². The first-order valence-corrected chi connectivity index (χ1v) is 12.8. The molecule has 1 fully saturated rings. The largest absolute Gasteiger partial charge is 0.368 e. The molecule has 1 aliphatic heterocycles. The molecule has 2 heterocycles. The first-order chi connectivity index (χ1) is 16.2. The maximum absolute atomic E-state index is 14.2. The van der Waals surface area contributed by atoms with Gasteiger partial charge in [-0.3, -0.25) is 4.72 Å². The monoisotopic (exact) mass is 502 g/mol. The summed E-state index contributed by atoms with van der Waals surface area (Å²) in [7, 11) is -2.02. The number of anilines is 3. The maximum Gasteiger partial charge on any atom is 0.264 e. The van der Waals surface area contributed by atoms with Crippen molar-refractivity contribution in [3.05, 3.63) is 58.4 Å². The van der Waals surface area contributed by atoms with Crippen molar-refractivity contribution in [3.8, 4) is 11.3 Å². The fourth-order valence-corrected chi connectivity index (χ4v) is 5.75. The summed E-state index contributed by atoms with van der Waals surface area (Å²) < 4.78 is 42.2. The zero-order valence-corrected chi connectivity index (χ0v) is 20.1. The van der Waals surface area contributed by atoms with Crippen LogP contribution >= 0.6 is 11.6 Å². The summed E-state index contributed by atoms with van der Waals surface area (Å²) in [5.74, 6) is 0.184. The highest BCUT2D eigenvalue weighted by Gasteiger charge is 2.27. The number of hydrogen-bond acceptors (Lipinski definition) is 7. The van der Waals surface area contributed by atoms with Crippen LogP contribution in [0.5, 0.6) is 0 Å². The molecule has 178 valence electrons. The first-order valence-electron chi connectivity index (χ1n) is 10.9. The molecule has 8 nitrogen and oxygen atoms in total. The van der Waals surface area contributed by atoms with Crippen LogP contribution in [0.1, 0.15) is 11.1 Å². The standard InChI is InChI=1S/C23H24ClFN6O2S/c1-30-8-10-31(11-9-30)22-18-5-2-14-12-16(4-6-17(14)21(18)27-23(26)28-22)29-34(32,33)20-7-3-15(24)13-19(20)25/h3-4,6-7,12-13,29H,2,5,8-11H2,1H3,(H2,26,27,28). The molecule has 0 saturated carbocycles. The minimum absolute atomic E-state index is 0.126. The zero-order valence-electron chi connectivity index (χ0n) is 18.6. The zero-order chi connectivity index (χ0) is 24.0. The van der Waals surface area contributed by atoms with Gasteiger partial charge in [-0.15, -0.1) is 0 Å². The molecule has 0 bridgehead atoms. The number of nitrogen functional groups attached to an aromatic ring is 1. The molecule has 0 unspecified atom stereocenters. The van der Waals surface area contributed by atoms with Crippen LogP contribution in [0.3, 0.4) is 0 Å². The summed E-state index contributed by atoms with van der Waals surface area (Å²) in [5, 5.41) is 0.126. The van der Waals surface area contributed by atoms with Crippen LogP contribution < -0.4 is 15.4 Å². The number of hydrogen-bond donors (Lipinski definition) is 2. The van der Waals surface area contributed by atoms with Gasteiger partial charge in [-0.2, -0.15) is 4.98 Å². The summed E-state index contributed by atoms with van der Waals surface area (Å²) >= 11 is 5.75. The van der Waals surface area contributed by atoms with E-state index in [0.29, 0.717) is 18.5 Å². The number of nitrogens with two attached hydrogens (primary N) is 1. The number of nitrogens with zero attached hydrogens (tertiary/aromatic N) is 4. The third-order valence-corrected chi connectivity index (χ3v) is 7.90. The van der Waals surface area contributed by atoms with E-state index in [0.717, 1.165) is 66.5 Å². The molecule has 5 rings (SSSR count). The van der Waals surface area contributed by atoms with Gasteiger partial charge in [0.15, 0.2) is 0 Å². The van der Waals surface area contributed by atoms with Crippen LogP contribution in [0.4, 0.5) is 21.8 Å². The number of rotatable bonds is 4. The maximum atomic E-state index is 14.2. The Morgan fingerprint density at radius 2 is 1.82 bits per heavy atom. The highest BCUT2D eigenvalue weighted by molar-refractivity contribution is 7.92. The second-order valence-electron chi connectivity index (χ2n) is 8.58. The van der Waals surface area contributed by atoms with Crippen molar-refractivity contribution in [1.82, 2.24) is 14.9 Å². The van der Waals surface area contributed by atoms with Crippen LogP contribution in [-0.2, 0) is 22.9 Å². The topological polar surface area (TPSA) is 104 Å². The molecule has 1 aliphatic carbocycles. The molecule has 11 heteroatoms. The van der Waals surface area contributed by atoms with E-state index in [1.165, 1.54) is 6.07 Å². The molecule has 34 heavy (non-hydrogen) atoms. The predicted molar refractivity (Wildman–Crippen MR) is 131 cm³/mol. The summed E-state index contributed by atoms with van der Waals surface area (Å²) in [6.07, 6.45) is 1.41. The van der Waals surface area contributed by atoms with Crippen LogP contribution in [0, 0.1) is 5.82 Å². The summed E-state index contributed by atoms with van der Waals surface area (Å²) in [4.78, 5) is 13.2. The summed E-state index contributed by atoms with van der Waals surface area (Å²) in [5.41, 5.74) is 10.1. The van der Waals surface area contributed by atoms with Gasteiger partial charge in [-0.1, -0.05) is 17.7 Å². The molecule has 0 atom stereocenters. The number of aryl methyl sites for hydroxylation is 1. The quantitative estimate of drug-likeness (QED) is 0.564. The van der Waals surface area contributed by atoms with Gasteiger partial charge in [-0.05, 0) is 55.8 Å². The lowest BCUT2D eigenvalue weighted by Crippen LogP contribution is -2.45. The number of nitrogens with one attached hydrogen (secondary N) is 1. The number of benzene rings is 2. The average Bonchev–Trinajstić information content (AvgIpc) is 2.78. The minimum atomic E-state index is -4.12. The second-order valence-corrected chi connectivity index (χ2v) is 10.7. The van der Waals surface area contributed by atoms with E-state index in [-0.39, 0.29) is 11.0 Å². The van der Waals surface area contributed by atoms with Crippen LogP contribution in [0.2, 0.25) is 5.02 Å². The van der Waals surface area contributed by atoms with Gasteiger partial charge in [0.05, 0.1) is 5.69 Å². The molecule has 1 aromatic heterocycles. The Labute approximate surface area is 202 Å². The number of likely N-dealkylation sites (N-methyl/N-ethyl adjacent to an activating group) is 1. The SMILES string of the molecule is CN1CCN(c2nc(N)nc3c2CCc2cc(NS(=O)(=O)c4ccc(Cl)cc4F)ccc2-3)CC1. The molecule has 2 aromatic carbocycles. The van der Waals surface area contributed by atoms with Crippen molar-refractivity contribution in [2.75, 3.05) is 48.6 Å². The lowest BCUT2D eigenvalue weighted by Gasteiger charge is -2.35. The van der Waals surface area contributed by atoms with E-state index < -0.39 is 20.7 Å². The molecule has 2 aliphatic rings. The molecule has 3 aromatic rings. The van der Waals surface area contributed by atoms with E-state index in [9.17, 15) is 12.8 Å². The Kier molecular flexibility index (Phi) is 5.83. The van der Waals surface area contributed by atoms with Crippen molar-refractivity contribution in [2.45, 2.75) is 17.7 Å². The number of fused-ring (bicyclic) bond motifs is 3. The Morgan fingerprint density at radius 1 is 1.06 bits per heavy atom. The predicted octanol–water partition coefficient (Wildman–Crippen LogP) is 3.17. The Bertz CT molecular complexity index is 1380. The van der Waals surface area contributed by atoms with Crippen molar-refractivity contribution in [1.29, 1.82) is 0 Å². The van der Waals surface area contributed by atoms with Gasteiger partial charge in [0.2, 0.25) is 5.95 Å². The fourth-order valence-electron chi connectivity index (χ4n) is 4.48. The van der Waals surface area contributed by atoms with Gasteiger partial charge in [0.1, 0.15) is 16.5 Å². The lowest BCUT2D eigenvalue weighted by molar-refractivity contribution is 0.312. The molecule has 3 N–H and O–H groups in total. The van der Waals surface area contributed by atoms with E-state index in [2.05, 4.69) is 31.5 Å². The van der Waals surface area contributed by atoms with Gasteiger partial charge in [-0.25, -0.2) is 17.8 Å². The Balaban J connectivity index is 1.47. The first kappa shape index (κ1) is 22.8. The third-order valence-electron chi connectivity index (χ3n) is 6.25. The highest BCUT2D eigenvalue weighted by atomic mass is 35.5. The number of sulfonamides is 1. The number of piperazine rings is 1. The average molecular weight is 503 g/mol. The van der Waals surface area contributed by atoms with Crippen LogP contribution in [-0.4, -0.2) is 56.5 Å². The van der Waals surface area contributed by atoms with E-state index in [4.69, 9.17) is 17.3 Å². The highest BCUT2D eigenvalue weighted by Crippen LogP contribution is 2.38. The molecular weight excluding hydrogens is 479 g/mol. The second kappa shape index (κ2) is 8.68. The molecule has 1 saturated heterocycles. The van der Waals surface area contributed by atoms with Crippen molar-refractivity contribution < 1.29 is 12.8 Å². The summed E-state index contributed by atoms with van der Waals surface area (Å²) in [6.45, 7) is 3.64. The lowest BCUT2D eigenvalue weighted by atomic mass is 9.88. The smallest absolute Gasteiger partial charge is 0.264 e. The Morgan fingerprint density at radius 3 is 2.56 bits per heavy atom. The van der Waals surface area contributed by atoms with Gasteiger partial charge < -0.3 is 15.5 Å². The number of aromatic nitrogens is 2. The van der Waals surface area contributed by atoms with Gasteiger partial charge in [0.25, 0.3) is 10.0 Å². The van der Waals surface area contributed by atoms with Crippen molar-refractivity contribution in [2.24, 2.45) is 0 Å².